The van der Waals surface area contributed by atoms with Crippen LogP contribution in [0.2, 0.25) is 0 Å². The number of nitrogens with zero attached hydrogens (tertiary/aromatic N) is 1. The molecule has 2 aromatic rings. The van der Waals surface area contributed by atoms with Gasteiger partial charge in [0.05, 0.1) is 11.6 Å². The molecular formula is C20H21NO3. The zero-order chi connectivity index (χ0) is 17.5. The third kappa shape index (κ3) is 2.26. The maximum atomic E-state index is 13.0. The van der Waals surface area contributed by atoms with Crippen LogP contribution in [0.15, 0.2) is 54.6 Å². The van der Waals surface area contributed by atoms with E-state index in [0.29, 0.717) is 16.8 Å². The number of hydrogen-bond acceptors (Lipinski definition) is 3. The molecule has 4 heteroatoms. The second-order valence-electron chi connectivity index (χ2n) is 6.50. The predicted molar refractivity (Wildman–Crippen MR) is 92.9 cm³/mol. The molecule has 0 saturated carbocycles. The van der Waals surface area contributed by atoms with Crippen LogP contribution in [0.25, 0.3) is 0 Å². The van der Waals surface area contributed by atoms with E-state index in [0.717, 1.165) is 0 Å². The Bertz CT molecular complexity index is 784. The van der Waals surface area contributed by atoms with E-state index < -0.39 is 17.4 Å². The lowest BCUT2D eigenvalue weighted by atomic mass is 9.79. The van der Waals surface area contributed by atoms with E-state index in [1.54, 1.807) is 48.2 Å². The number of fused-ring (bicyclic) bond motifs is 1. The maximum absolute atomic E-state index is 13.0. The van der Waals surface area contributed by atoms with Crippen molar-refractivity contribution in [2.45, 2.75) is 32.4 Å². The van der Waals surface area contributed by atoms with Gasteiger partial charge in [0, 0.05) is 17.2 Å². The normalized spacial score (nSPS) is 21.0. The molecule has 24 heavy (non-hydrogen) atoms. The van der Waals surface area contributed by atoms with Crippen molar-refractivity contribution in [2.75, 3.05) is 4.90 Å². The summed E-state index contributed by atoms with van der Waals surface area (Å²) in [4.78, 5) is 27.4. The van der Waals surface area contributed by atoms with Gasteiger partial charge in [-0.2, -0.15) is 0 Å². The fraction of sp³-hybridized carbons (Fsp3) is 0.300. The Morgan fingerprint density at radius 3 is 2.21 bits per heavy atom. The lowest BCUT2D eigenvalue weighted by Crippen LogP contribution is -2.49. The molecule has 1 heterocycles. The molecule has 0 aromatic heterocycles. The maximum Gasteiger partial charge on any atom is 0.264 e. The number of rotatable bonds is 4. The molecule has 0 bridgehead atoms. The molecule has 1 aliphatic heterocycles. The minimum absolute atomic E-state index is 0.105. The van der Waals surface area contributed by atoms with Crippen LogP contribution in [-0.4, -0.2) is 22.8 Å². The quantitative estimate of drug-likeness (QED) is 0.879. The van der Waals surface area contributed by atoms with Crippen molar-refractivity contribution in [3.05, 3.63) is 65.7 Å². The Morgan fingerprint density at radius 1 is 1.00 bits per heavy atom. The zero-order valence-corrected chi connectivity index (χ0v) is 14.1. The van der Waals surface area contributed by atoms with Crippen LogP contribution >= 0.6 is 0 Å². The first-order valence-corrected chi connectivity index (χ1v) is 8.13. The molecule has 0 radical (unpaired) electrons. The summed E-state index contributed by atoms with van der Waals surface area (Å²) in [5, 5.41) is 11.3. The van der Waals surface area contributed by atoms with Crippen molar-refractivity contribution >= 4 is 17.4 Å². The van der Waals surface area contributed by atoms with Crippen molar-refractivity contribution in [3.63, 3.8) is 0 Å². The largest absolute Gasteiger partial charge is 0.375 e. The van der Waals surface area contributed by atoms with E-state index in [2.05, 4.69) is 0 Å². The van der Waals surface area contributed by atoms with Gasteiger partial charge in [-0.3, -0.25) is 9.59 Å². The molecule has 0 unspecified atom stereocenters. The number of amides is 1. The Hall–Kier alpha value is -2.46. The Morgan fingerprint density at radius 2 is 1.58 bits per heavy atom. The van der Waals surface area contributed by atoms with Gasteiger partial charge >= 0.3 is 0 Å². The Balaban J connectivity index is 2.09. The van der Waals surface area contributed by atoms with Crippen LogP contribution in [0.4, 0.5) is 5.69 Å². The van der Waals surface area contributed by atoms with Crippen molar-refractivity contribution in [2.24, 2.45) is 5.92 Å². The summed E-state index contributed by atoms with van der Waals surface area (Å²) in [5.74, 6) is -1.56. The summed E-state index contributed by atoms with van der Waals surface area (Å²) in [6.45, 7) is 5.40. The van der Waals surface area contributed by atoms with Gasteiger partial charge in [0.1, 0.15) is 0 Å². The first-order valence-electron chi connectivity index (χ1n) is 8.13. The van der Waals surface area contributed by atoms with Crippen molar-refractivity contribution in [1.82, 2.24) is 0 Å². The number of aliphatic hydroxyl groups is 1. The number of ketones is 1. The fourth-order valence-electron chi connectivity index (χ4n) is 3.39. The SMILES string of the molecule is CC(C)N1C(=O)[C@@](O)([C@H](C)C(=O)c2ccccc2)c2ccccc21. The number of hydrogen-bond donors (Lipinski definition) is 1. The van der Waals surface area contributed by atoms with Crippen LogP contribution in [0.3, 0.4) is 0 Å². The highest BCUT2D eigenvalue weighted by Crippen LogP contribution is 2.46. The van der Waals surface area contributed by atoms with Gasteiger partial charge in [0.15, 0.2) is 11.4 Å². The molecule has 1 aliphatic rings. The number of benzene rings is 2. The van der Waals surface area contributed by atoms with Crippen molar-refractivity contribution in [1.29, 1.82) is 0 Å². The minimum atomic E-state index is -1.84. The van der Waals surface area contributed by atoms with Crippen molar-refractivity contribution in [3.8, 4) is 0 Å². The summed E-state index contributed by atoms with van der Waals surface area (Å²) in [6.07, 6.45) is 0. The third-order valence-electron chi connectivity index (χ3n) is 4.71. The van der Waals surface area contributed by atoms with Crippen LogP contribution in [0, 0.1) is 5.92 Å². The molecule has 4 nitrogen and oxygen atoms in total. The molecule has 3 rings (SSSR count). The van der Waals surface area contributed by atoms with Crippen LogP contribution in [-0.2, 0) is 10.4 Å². The summed E-state index contributed by atoms with van der Waals surface area (Å²) in [7, 11) is 0. The molecule has 1 amide bonds. The molecule has 0 saturated heterocycles. The van der Waals surface area contributed by atoms with E-state index >= 15 is 0 Å². The highest BCUT2D eigenvalue weighted by atomic mass is 16.3. The lowest BCUT2D eigenvalue weighted by molar-refractivity contribution is -0.140. The van der Waals surface area contributed by atoms with E-state index in [1.807, 2.05) is 32.0 Å². The smallest absolute Gasteiger partial charge is 0.264 e. The van der Waals surface area contributed by atoms with Crippen LogP contribution in [0.1, 0.15) is 36.7 Å². The molecule has 1 N–H and O–H groups in total. The monoisotopic (exact) mass is 323 g/mol. The average Bonchev–Trinajstić information content (AvgIpc) is 2.83. The van der Waals surface area contributed by atoms with E-state index in [1.165, 1.54) is 0 Å². The van der Waals surface area contributed by atoms with Gasteiger partial charge in [0.2, 0.25) is 0 Å². The second-order valence-corrected chi connectivity index (χ2v) is 6.50. The van der Waals surface area contributed by atoms with E-state index in [9.17, 15) is 14.7 Å². The Labute approximate surface area is 141 Å². The van der Waals surface area contributed by atoms with Gasteiger partial charge in [-0.25, -0.2) is 0 Å². The van der Waals surface area contributed by atoms with Gasteiger partial charge < -0.3 is 10.0 Å². The van der Waals surface area contributed by atoms with Crippen LogP contribution < -0.4 is 4.90 Å². The van der Waals surface area contributed by atoms with E-state index in [-0.39, 0.29) is 11.8 Å². The molecule has 0 aliphatic carbocycles. The summed E-state index contributed by atoms with van der Waals surface area (Å²) in [6, 6.07) is 15.8. The highest BCUT2D eigenvalue weighted by Gasteiger charge is 2.55. The van der Waals surface area contributed by atoms with Gasteiger partial charge in [-0.15, -0.1) is 0 Å². The number of carbonyl (C=O) groups is 2. The van der Waals surface area contributed by atoms with Gasteiger partial charge in [-0.05, 0) is 19.9 Å². The lowest BCUT2D eigenvalue weighted by Gasteiger charge is -2.29. The molecular weight excluding hydrogens is 302 g/mol. The number of carbonyl (C=O) groups excluding carboxylic acids is 2. The molecule has 124 valence electrons. The summed E-state index contributed by atoms with van der Waals surface area (Å²) in [5.41, 5.74) is -0.173. The predicted octanol–water partition coefficient (Wildman–Crippen LogP) is 3.15. The number of para-hydroxylation sites is 1. The minimum Gasteiger partial charge on any atom is -0.375 e. The molecule has 0 spiro atoms. The summed E-state index contributed by atoms with van der Waals surface area (Å²) >= 11 is 0. The first-order chi connectivity index (χ1) is 11.4. The van der Waals surface area contributed by atoms with Gasteiger partial charge in [0.25, 0.3) is 5.91 Å². The summed E-state index contributed by atoms with van der Waals surface area (Å²) < 4.78 is 0. The van der Waals surface area contributed by atoms with Crippen molar-refractivity contribution < 1.29 is 14.7 Å². The zero-order valence-electron chi connectivity index (χ0n) is 14.1. The van der Waals surface area contributed by atoms with E-state index in [4.69, 9.17) is 0 Å². The van der Waals surface area contributed by atoms with Crippen LogP contribution in [0.5, 0.6) is 0 Å². The standard InChI is InChI=1S/C20H21NO3/c1-13(2)21-17-12-8-7-11-16(17)20(24,19(21)23)14(3)18(22)15-9-5-4-6-10-15/h4-14,24H,1-3H3/t14-,20-/m1/s1. The van der Waals surface area contributed by atoms with Gasteiger partial charge in [-0.1, -0.05) is 55.5 Å². The molecule has 2 aromatic carbocycles. The Kier molecular flexibility index (Phi) is 4.01. The topological polar surface area (TPSA) is 57.6 Å². The second kappa shape index (κ2) is 5.87. The third-order valence-corrected chi connectivity index (χ3v) is 4.71. The molecule has 0 fully saturated rings. The first kappa shape index (κ1) is 16.4. The fourth-order valence-corrected chi connectivity index (χ4v) is 3.39. The average molecular weight is 323 g/mol. The molecule has 2 atom stereocenters. The number of anilines is 1. The highest BCUT2D eigenvalue weighted by molar-refractivity contribution is 6.11. The number of Topliss-reactive ketones (excluding diaryl/α,β-unsaturated/α-hetero) is 1.